The number of aromatic nitrogens is 2. The molecule has 0 saturated heterocycles. The predicted molar refractivity (Wildman–Crippen MR) is 86.5 cm³/mol. The van der Waals surface area contributed by atoms with E-state index in [-0.39, 0.29) is 0 Å². The predicted octanol–water partition coefficient (Wildman–Crippen LogP) is 4.40. The lowest BCUT2D eigenvalue weighted by atomic mass is 10.5. The second-order valence-electron chi connectivity index (χ2n) is 3.74. The van der Waals surface area contributed by atoms with Gasteiger partial charge in [-0.2, -0.15) is 4.98 Å². The molecule has 0 amide bonds. The van der Waals surface area contributed by atoms with Crippen molar-refractivity contribution in [2.75, 3.05) is 19.0 Å². The summed E-state index contributed by atoms with van der Waals surface area (Å²) in [6, 6.07) is 2.16. The molecule has 0 spiro atoms. The normalized spacial score (nSPS) is 13.9. The van der Waals surface area contributed by atoms with Crippen molar-refractivity contribution < 1.29 is 13.8 Å². The molecule has 0 aliphatic carbocycles. The fraction of sp³-hybridized carbons (Fsp3) is 0.667. The van der Waals surface area contributed by atoms with E-state index in [1.54, 1.807) is 12.3 Å². The van der Waals surface area contributed by atoms with E-state index in [1.165, 1.54) is 22.8 Å². The molecule has 1 aromatic rings. The molecule has 0 aromatic carbocycles. The molecule has 1 atom stereocenters. The van der Waals surface area contributed by atoms with Gasteiger partial charge in [-0.3, -0.25) is 4.57 Å². The van der Waals surface area contributed by atoms with E-state index in [4.69, 9.17) is 9.26 Å². The van der Waals surface area contributed by atoms with Crippen molar-refractivity contribution >= 4 is 28.5 Å². The summed E-state index contributed by atoms with van der Waals surface area (Å²) in [4.78, 5) is 8.28. The highest BCUT2D eigenvalue weighted by Gasteiger charge is 2.24. The lowest BCUT2D eigenvalue weighted by Gasteiger charge is -2.15. The molecule has 5 nitrogen and oxygen atoms in total. The first-order valence-electron chi connectivity index (χ1n) is 6.62. The zero-order chi connectivity index (χ0) is 14.8. The summed E-state index contributed by atoms with van der Waals surface area (Å²) < 4.78 is 23.3. The van der Waals surface area contributed by atoms with Crippen molar-refractivity contribution in [2.45, 2.75) is 32.9 Å². The highest BCUT2D eigenvalue weighted by Crippen LogP contribution is 2.70. The van der Waals surface area contributed by atoms with Crippen LogP contribution in [0.25, 0.3) is 0 Å². The Kier molecular flexibility index (Phi) is 8.61. The van der Waals surface area contributed by atoms with Gasteiger partial charge in [0.15, 0.2) is 0 Å². The van der Waals surface area contributed by atoms with Crippen LogP contribution >= 0.6 is 28.5 Å². The first-order chi connectivity index (χ1) is 9.63. The molecule has 20 heavy (non-hydrogen) atoms. The maximum Gasteiger partial charge on any atom is 0.316 e. The topological polar surface area (TPSA) is 61.3 Å². The first-order valence-corrected chi connectivity index (χ1v) is 11.4. The van der Waals surface area contributed by atoms with E-state index in [1.807, 2.05) is 13.8 Å². The molecule has 0 aliphatic rings. The van der Waals surface area contributed by atoms with Crippen LogP contribution in [0.15, 0.2) is 12.3 Å². The molecule has 0 radical (unpaired) electrons. The Morgan fingerprint density at radius 2 is 2.05 bits per heavy atom. The van der Waals surface area contributed by atoms with Gasteiger partial charge in [-0.25, -0.2) is 4.98 Å². The summed E-state index contributed by atoms with van der Waals surface area (Å²) in [5.41, 5.74) is 0.797. The van der Waals surface area contributed by atoms with Gasteiger partial charge in [0.1, 0.15) is 0 Å². The Balaban J connectivity index is 2.62. The lowest BCUT2D eigenvalue weighted by molar-refractivity contribution is 0.311. The van der Waals surface area contributed by atoms with E-state index in [2.05, 4.69) is 16.9 Å². The van der Waals surface area contributed by atoms with Gasteiger partial charge in [-0.15, -0.1) is 0 Å². The summed E-state index contributed by atoms with van der Waals surface area (Å²) in [6.07, 6.45) is 2.63. The third-order valence-electron chi connectivity index (χ3n) is 2.08. The zero-order valence-electron chi connectivity index (χ0n) is 12.1. The SMILES string of the molecule is CCCSP(=O)(OCC)SCc1ccnc(OCC)n1. The van der Waals surface area contributed by atoms with E-state index < -0.39 is 5.77 Å². The van der Waals surface area contributed by atoms with Crippen LogP contribution in [0.1, 0.15) is 32.9 Å². The molecule has 0 aliphatic heterocycles. The monoisotopic (exact) mass is 336 g/mol. The van der Waals surface area contributed by atoms with Crippen LogP contribution in [-0.2, 0) is 14.8 Å². The molecular formula is C12H21N2O3PS2. The maximum atomic E-state index is 12.6. The second-order valence-corrected chi connectivity index (χ2v) is 11.2. The third kappa shape index (κ3) is 6.48. The van der Waals surface area contributed by atoms with Crippen molar-refractivity contribution in [3.8, 4) is 6.01 Å². The summed E-state index contributed by atoms with van der Waals surface area (Å²) in [5, 5.41) is 0. The van der Waals surface area contributed by atoms with Crippen molar-refractivity contribution in [1.29, 1.82) is 0 Å². The van der Waals surface area contributed by atoms with Crippen molar-refractivity contribution in [3.05, 3.63) is 18.0 Å². The Morgan fingerprint density at radius 3 is 2.70 bits per heavy atom. The molecule has 0 bridgehead atoms. The minimum Gasteiger partial charge on any atom is -0.464 e. The summed E-state index contributed by atoms with van der Waals surface area (Å²) >= 11 is 2.72. The van der Waals surface area contributed by atoms with Crippen molar-refractivity contribution in [1.82, 2.24) is 9.97 Å². The number of hydrogen-bond donors (Lipinski definition) is 0. The van der Waals surface area contributed by atoms with Crippen LogP contribution < -0.4 is 4.74 Å². The van der Waals surface area contributed by atoms with Crippen LogP contribution in [0, 0.1) is 0 Å². The van der Waals surface area contributed by atoms with Gasteiger partial charge in [-0.05, 0) is 26.3 Å². The van der Waals surface area contributed by atoms with Crippen LogP contribution in [-0.4, -0.2) is 28.9 Å². The molecule has 1 unspecified atom stereocenters. The number of ether oxygens (including phenoxy) is 1. The van der Waals surface area contributed by atoms with E-state index in [9.17, 15) is 4.57 Å². The average Bonchev–Trinajstić information content (AvgIpc) is 2.44. The van der Waals surface area contributed by atoms with E-state index in [0.717, 1.165) is 17.9 Å². The number of hydrogen-bond acceptors (Lipinski definition) is 7. The standard InChI is InChI=1S/C12H21N2O3PS2/c1-4-9-19-18(15,17-6-3)20-10-11-7-8-13-12(14-11)16-5-2/h7-8H,4-6,9-10H2,1-3H3. The van der Waals surface area contributed by atoms with Gasteiger partial charge in [0.25, 0.3) is 0 Å². The highest BCUT2D eigenvalue weighted by molar-refractivity contribution is 8.89. The highest BCUT2D eigenvalue weighted by atomic mass is 33.1. The largest absolute Gasteiger partial charge is 0.464 e. The molecule has 114 valence electrons. The van der Waals surface area contributed by atoms with Gasteiger partial charge in [0.05, 0.1) is 18.9 Å². The summed E-state index contributed by atoms with van der Waals surface area (Å²) in [6.45, 7) is 6.79. The maximum absolute atomic E-state index is 12.6. The number of nitrogens with zero attached hydrogens (tertiary/aromatic N) is 2. The molecule has 1 rings (SSSR count). The minimum atomic E-state index is -2.70. The molecule has 8 heteroatoms. The second kappa shape index (κ2) is 9.66. The molecule has 1 heterocycles. The fourth-order valence-corrected chi connectivity index (χ4v) is 7.88. The van der Waals surface area contributed by atoms with Crippen molar-refractivity contribution in [2.24, 2.45) is 0 Å². The lowest BCUT2D eigenvalue weighted by Crippen LogP contribution is -1.99. The van der Waals surface area contributed by atoms with Gasteiger partial charge in [0.2, 0.25) is 0 Å². The Hall–Kier alpha value is -0.230. The third-order valence-corrected chi connectivity index (χ3v) is 9.66. The molecule has 0 N–H and O–H groups in total. The Labute approximate surface area is 128 Å². The fourth-order valence-electron chi connectivity index (χ4n) is 1.27. The first kappa shape index (κ1) is 17.8. The Bertz CT molecular complexity index is 448. The number of rotatable bonds is 10. The smallest absolute Gasteiger partial charge is 0.316 e. The summed E-state index contributed by atoms with van der Waals surface area (Å²) in [7, 11) is 0. The molecule has 0 saturated carbocycles. The van der Waals surface area contributed by atoms with Gasteiger partial charge in [0, 0.05) is 17.7 Å². The van der Waals surface area contributed by atoms with Crippen LogP contribution in [0.5, 0.6) is 6.01 Å². The van der Waals surface area contributed by atoms with Gasteiger partial charge >= 0.3 is 11.8 Å². The van der Waals surface area contributed by atoms with Crippen LogP contribution in [0.2, 0.25) is 0 Å². The van der Waals surface area contributed by atoms with Crippen LogP contribution in [0.3, 0.4) is 0 Å². The van der Waals surface area contributed by atoms with E-state index >= 15 is 0 Å². The molecular weight excluding hydrogens is 315 g/mol. The van der Waals surface area contributed by atoms with Gasteiger partial charge in [-0.1, -0.05) is 29.7 Å². The molecule has 1 aromatic heterocycles. The minimum absolute atomic E-state index is 0.359. The van der Waals surface area contributed by atoms with E-state index in [0.29, 0.717) is 25.0 Å². The van der Waals surface area contributed by atoms with Gasteiger partial charge < -0.3 is 9.26 Å². The Morgan fingerprint density at radius 1 is 1.25 bits per heavy atom. The van der Waals surface area contributed by atoms with Crippen molar-refractivity contribution in [3.63, 3.8) is 0 Å². The average molecular weight is 336 g/mol. The molecule has 0 fully saturated rings. The van der Waals surface area contributed by atoms with Crippen LogP contribution in [0.4, 0.5) is 0 Å². The quantitative estimate of drug-likeness (QED) is 0.587. The summed E-state index contributed by atoms with van der Waals surface area (Å²) in [5.74, 6) is -1.34. The zero-order valence-corrected chi connectivity index (χ0v) is 14.6.